The van der Waals surface area contributed by atoms with Gasteiger partial charge in [-0.05, 0) is 38.8 Å². The van der Waals surface area contributed by atoms with Gasteiger partial charge < -0.3 is 10.0 Å². The monoisotopic (exact) mass is 169 g/mol. The van der Waals surface area contributed by atoms with Crippen molar-refractivity contribution < 1.29 is 5.11 Å². The largest absolute Gasteiger partial charge is 0.396 e. The van der Waals surface area contributed by atoms with E-state index in [1.165, 1.54) is 45.2 Å². The molecular weight excluding hydrogens is 150 g/mol. The molecule has 1 saturated carbocycles. The zero-order valence-electron chi connectivity index (χ0n) is 7.76. The standard InChI is InChI=1S/C10H19NO/c12-9-10(4-3-5-10)8-11-6-1-2-7-11/h12H,1-9H2. The van der Waals surface area contributed by atoms with E-state index in [0.717, 1.165) is 6.54 Å². The van der Waals surface area contributed by atoms with Crippen molar-refractivity contribution in [1.82, 2.24) is 4.90 Å². The van der Waals surface area contributed by atoms with Crippen molar-refractivity contribution in [3.8, 4) is 0 Å². The molecule has 0 atom stereocenters. The van der Waals surface area contributed by atoms with Crippen molar-refractivity contribution in [1.29, 1.82) is 0 Å². The molecule has 1 aliphatic heterocycles. The van der Waals surface area contributed by atoms with Gasteiger partial charge in [0.25, 0.3) is 0 Å². The minimum Gasteiger partial charge on any atom is -0.396 e. The summed E-state index contributed by atoms with van der Waals surface area (Å²) in [6, 6.07) is 0. The summed E-state index contributed by atoms with van der Waals surface area (Å²) < 4.78 is 0. The molecule has 2 rings (SSSR count). The van der Waals surface area contributed by atoms with Gasteiger partial charge in [0.2, 0.25) is 0 Å². The highest BCUT2D eigenvalue weighted by Crippen LogP contribution is 2.41. The summed E-state index contributed by atoms with van der Waals surface area (Å²) in [5.41, 5.74) is 0.310. The second-order valence-corrected chi connectivity index (χ2v) is 4.49. The van der Waals surface area contributed by atoms with Crippen LogP contribution in [0.25, 0.3) is 0 Å². The smallest absolute Gasteiger partial charge is 0.0499 e. The first-order valence-corrected chi connectivity index (χ1v) is 5.18. The van der Waals surface area contributed by atoms with Crippen molar-refractivity contribution >= 4 is 0 Å². The zero-order chi connectivity index (χ0) is 8.44. The lowest BCUT2D eigenvalue weighted by Crippen LogP contribution is -2.43. The number of nitrogens with zero attached hydrogens (tertiary/aromatic N) is 1. The summed E-state index contributed by atoms with van der Waals surface area (Å²) in [4.78, 5) is 2.52. The van der Waals surface area contributed by atoms with Crippen molar-refractivity contribution in [3.63, 3.8) is 0 Å². The Kier molecular flexibility index (Phi) is 2.37. The summed E-state index contributed by atoms with van der Waals surface area (Å²) >= 11 is 0. The fourth-order valence-electron chi connectivity index (χ4n) is 2.46. The number of likely N-dealkylation sites (tertiary alicyclic amines) is 1. The molecular formula is C10H19NO. The summed E-state index contributed by atoms with van der Waals surface area (Å²) in [5.74, 6) is 0. The molecule has 0 amide bonds. The van der Waals surface area contributed by atoms with E-state index in [1.807, 2.05) is 0 Å². The Morgan fingerprint density at radius 1 is 1.08 bits per heavy atom. The molecule has 1 aliphatic carbocycles. The highest BCUT2D eigenvalue weighted by Gasteiger charge is 2.38. The van der Waals surface area contributed by atoms with Crippen LogP contribution in [-0.4, -0.2) is 36.2 Å². The fourth-order valence-corrected chi connectivity index (χ4v) is 2.46. The van der Waals surface area contributed by atoms with Crippen LogP contribution in [0.2, 0.25) is 0 Å². The minimum atomic E-state index is 0.310. The normalized spacial score (nSPS) is 28.8. The maximum Gasteiger partial charge on any atom is 0.0499 e. The van der Waals surface area contributed by atoms with Gasteiger partial charge >= 0.3 is 0 Å². The van der Waals surface area contributed by atoms with Crippen molar-refractivity contribution in [3.05, 3.63) is 0 Å². The molecule has 2 fully saturated rings. The van der Waals surface area contributed by atoms with E-state index in [4.69, 9.17) is 0 Å². The Hall–Kier alpha value is -0.0800. The van der Waals surface area contributed by atoms with Crippen molar-refractivity contribution in [2.75, 3.05) is 26.2 Å². The molecule has 1 N–H and O–H groups in total. The summed E-state index contributed by atoms with van der Waals surface area (Å²) in [6.45, 7) is 4.09. The van der Waals surface area contributed by atoms with Gasteiger partial charge in [-0.2, -0.15) is 0 Å². The van der Waals surface area contributed by atoms with Gasteiger partial charge in [0.15, 0.2) is 0 Å². The van der Waals surface area contributed by atoms with E-state index in [2.05, 4.69) is 4.90 Å². The van der Waals surface area contributed by atoms with Crippen LogP contribution >= 0.6 is 0 Å². The summed E-state index contributed by atoms with van der Waals surface area (Å²) in [7, 11) is 0. The van der Waals surface area contributed by atoms with E-state index in [0.29, 0.717) is 12.0 Å². The zero-order valence-corrected chi connectivity index (χ0v) is 7.76. The van der Waals surface area contributed by atoms with Crippen molar-refractivity contribution in [2.45, 2.75) is 32.1 Å². The van der Waals surface area contributed by atoms with Gasteiger partial charge in [0.1, 0.15) is 0 Å². The molecule has 1 saturated heterocycles. The molecule has 0 aromatic carbocycles. The summed E-state index contributed by atoms with van der Waals surface area (Å²) in [5, 5.41) is 9.27. The molecule has 12 heavy (non-hydrogen) atoms. The third-order valence-electron chi connectivity index (χ3n) is 3.51. The number of hydrogen-bond acceptors (Lipinski definition) is 2. The molecule has 0 aromatic rings. The van der Waals surface area contributed by atoms with Crippen LogP contribution in [0.1, 0.15) is 32.1 Å². The maximum atomic E-state index is 9.27. The average Bonchev–Trinajstić information content (AvgIpc) is 2.49. The molecule has 0 aromatic heterocycles. The number of hydrogen-bond donors (Lipinski definition) is 1. The van der Waals surface area contributed by atoms with E-state index in [-0.39, 0.29) is 0 Å². The predicted molar refractivity (Wildman–Crippen MR) is 49.0 cm³/mol. The molecule has 0 spiro atoms. The highest BCUT2D eigenvalue weighted by molar-refractivity contribution is 4.90. The van der Waals surface area contributed by atoms with Crippen LogP contribution in [0.3, 0.4) is 0 Å². The van der Waals surface area contributed by atoms with Gasteiger partial charge in [-0.15, -0.1) is 0 Å². The van der Waals surface area contributed by atoms with Gasteiger partial charge in [-0.25, -0.2) is 0 Å². The molecule has 2 aliphatic rings. The predicted octanol–water partition coefficient (Wildman–Crippen LogP) is 1.24. The van der Waals surface area contributed by atoms with E-state index in [9.17, 15) is 5.11 Å². The number of aliphatic hydroxyl groups is 1. The van der Waals surface area contributed by atoms with Gasteiger partial charge in [0.05, 0.1) is 0 Å². The van der Waals surface area contributed by atoms with Gasteiger partial charge in [-0.3, -0.25) is 0 Å². The van der Waals surface area contributed by atoms with E-state index < -0.39 is 0 Å². The highest BCUT2D eigenvalue weighted by atomic mass is 16.3. The third-order valence-corrected chi connectivity index (χ3v) is 3.51. The van der Waals surface area contributed by atoms with Gasteiger partial charge in [-0.1, -0.05) is 6.42 Å². The average molecular weight is 169 g/mol. The molecule has 2 nitrogen and oxygen atoms in total. The first-order chi connectivity index (χ1) is 5.85. The third kappa shape index (κ3) is 1.50. The lowest BCUT2D eigenvalue weighted by atomic mass is 9.69. The number of rotatable bonds is 3. The van der Waals surface area contributed by atoms with Crippen LogP contribution in [0.15, 0.2) is 0 Å². The Balaban J connectivity index is 1.83. The molecule has 0 unspecified atom stereocenters. The molecule has 0 bridgehead atoms. The SMILES string of the molecule is OCC1(CN2CCCC2)CCC1. The molecule has 0 radical (unpaired) electrons. The van der Waals surface area contributed by atoms with Crippen LogP contribution in [-0.2, 0) is 0 Å². The van der Waals surface area contributed by atoms with Crippen molar-refractivity contribution in [2.24, 2.45) is 5.41 Å². The first kappa shape index (κ1) is 8.52. The fraction of sp³-hybridized carbons (Fsp3) is 1.00. The Labute approximate surface area is 74.6 Å². The lowest BCUT2D eigenvalue weighted by Gasteiger charge is -2.42. The van der Waals surface area contributed by atoms with E-state index in [1.54, 1.807) is 0 Å². The molecule has 70 valence electrons. The Morgan fingerprint density at radius 2 is 1.75 bits per heavy atom. The van der Waals surface area contributed by atoms with Gasteiger partial charge in [0, 0.05) is 18.6 Å². The molecule has 2 heteroatoms. The second-order valence-electron chi connectivity index (χ2n) is 4.49. The molecule has 1 heterocycles. The number of aliphatic hydroxyl groups excluding tert-OH is 1. The first-order valence-electron chi connectivity index (χ1n) is 5.18. The Morgan fingerprint density at radius 3 is 2.17 bits per heavy atom. The van der Waals surface area contributed by atoms with E-state index >= 15 is 0 Å². The minimum absolute atomic E-state index is 0.310. The van der Waals surface area contributed by atoms with Crippen LogP contribution in [0.4, 0.5) is 0 Å². The quantitative estimate of drug-likeness (QED) is 0.687. The van der Waals surface area contributed by atoms with Crippen LogP contribution in [0, 0.1) is 5.41 Å². The lowest BCUT2D eigenvalue weighted by molar-refractivity contribution is 0.0140. The van der Waals surface area contributed by atoms with Crippen LogP contribution < -0.4 is 0 Å². The van der Waals surface area contributed by atoms with Crippen LogP contribution in [0.5, 0.6) is 0 Å². The topological polar surface area (TPSA) is 23.5 Å². The Bertz CT molecular complexity index is 142. The second kappa shape index (κ2) is 3.35. The maximum absolute atomic E-state index is 9.27. The summed E-state index contributed by atoms with van der Waals surface area (Å²) in [6.07, 6.45) is 6.55.